The Morgan fingerprint density at radius 1 is 1.40 bits per heavy atom. The van der Waals surface area contributed by atoms with Gasteiger partial charge < -0.3 is 10.1 Å². The summed E-state index contributed by atoms with van der Waals surface area (Å²) < 4.78 is 6.09. The topological polar surface area (TPSA) is 21.3 Å². The molecule has 2 saturated heterocycles. The minimum atomic E-state index is 0.249. The van der Waals surface area contributed by atoms with Crippen LogP contribution in [0.1, 0.15) is 32.6 Å². The van der Waals surface area contributed by atoms with Crippen LogP contribution in [0, 0.1) is 5.92 Å². The Balaban J connectivity index is 1.96. The summed E-state index contributed by atoms with van der Waals surface area (Å²) in [5.74, 6) is 3.40. The van der Waals surface area contributed by atoms with Gasteiger partial charge in [-0.05, 0) is 57.1 Å². The van der Waals surface area contributed by atoms with Crippen molar-refractivity contribution in [2.75, 3.05) is 25.2 Å². The largest absolute Gasteiger partial charge is 0.375 e. The van der Waals surface area contributed by atoms with Crippen LogP contribution in [0.2, 0.25) is 0 Å². The summed E-state index contributed by atoms with van der Waals surface area (Å²) in [7, 11) is 2.07. The molecule has 2 aliphatic rings. The summed E-state index contributed by atoms with van der Waals surface area (Å²) in [6.07, 6.45) is 5.04. The van der Waals surface area contributed by atoms with Crippen molar-refractivity contribution < 1.29 is 4.74 Å². The Morgan fingerprint density at radius 2 is 2.13 bits per heavy atom. The fourth-order valence-electron chi connectivity index (χ4n) is 2.82. The van der Waals surface area contributed by atoms with Gasteiger partial charge in [-0.25, -0.2) is 0 Å². The van der Waals surface area contributed by atoms with Crippen LogP contribution in [0.3, 0.4) is 0 Å². The second-order valence-corrected chi connectivity index (χ2v) is 6.20. The summed E-state index contributed by atoms with van der Waals surface area (Å²) in [6, 6.07) is 0.639. The molecule has 2 atom stereocenters. The molecule has 0 saturated carbocycles. The van der Waals surface area contributed by atoms with E-state index in [1.165, 1.54) is 37.2 Å². The highest BCUT2D eigenvalue weighted by molar-refractivity contribution is 7.99. The third kappa shape index (κ3) is 2.69. The molecule has 0 radical (unpaired) electrons. The van der Waals surface area contributed by atoms with E-state index < -0.39 is 0 Å². The van der Waals surface area contributed by atoms with Gasteiger partial charge in [-0.15, -0.1) is 0 Å². The molecule has 3 heteroatoms. The predicted octanol–water partition coefficient (Wildman–Crippen LogP) is 2.29. The van der Waals surface area contributed by atoms with E-state index in [9.17, 15) is 0 Å². The Labute approximate surface area is 97.5 Å². The Morgan fingerprint density at radius 3 is 2.80 bits per heavy atom. The standard InChI is InChI=1S/C12H23NOS/c1-10(13-2)11-3-6-14-12(9-11)4-7-15-8-5-12/h10-11,13H,3-9H2,1-2H3. The van der Waals surface area contributed by atoms with Crippen molar-refractivity contribution >= 4 is 11.8 Å². The monoisotopic (exact) mass is 229 g/mol. The number of hydrogen-bond acceptors (Lipinski definition) is 3. The van der Waals surface area contributed by atoms with Crippen LogP contribution in [-0.2, 0) is 4.74 Å². The van der Waals surface area contributed by atoms with E-state index in [0.717, 1.165) is 12.5 Å². The van der Waals surface area contributed by atoms with Crippen LogP contribution in [0.5, 0.6) is 0 Å². The van der Waals surface area contributed by atoms with Gasteiger partial charge >= 0.3 is 0 Å². The molecule has 0 bridgehead atoms. The molecule has 2 fully saturated rings. The lowest BCUT2D eigenvalue weighted by atomic mass is 9.79. The van der Waals surface area contributed by atoms with E-state index in [2.05, 4.69) is 31.1 Å². The van der Waals surface area contributed by atoms with Crippen LogP contribution < -0.4 is 5.32 Å². The normalized spacial score (nSPS) is 32.8. The maximum Gasteiger partial charge on any atom is 0.0701 e. The highest BCUT2D eigenvalue weighted by atomic mass is 32.2. The molecular formula is C12H23NOS. The summed E-state index contributed by atoms with van der Waals surface area (Å²) in [5, 5.41) is 3.40. The van der Waals surface area contributed by atoms with Gasteiger partial charge in [-0.3, -0.25) is 0 Å². The van der Waals surface area contributed by atoms with Crippen molar-refractivity contribution in [2.45, 2.75) is 44.2 Å². The molecule has 2 unspecified atom stereocenters. The van der Waals surface area contributed by atoms with Crippen LogP contribution in [0.4, 0.5) is 0 Å². The average Bonchev–Trinajstić information content (AvgIpc) is 2.29. The lowest BCUT2D eigenvalue weighted by Gasteiger charge is -2.44. The zero-order valence-electron chi connectivity index (χ0n) is 9.92. The van der Waals surface area contributed by atoms with Crippen LogP contribution >= 0.6 is 11.8 Å². The van der Waals surface area contributed by atoms with Gasteiger partial charge in [0.2, 0.25) is 0 Å². The molecule has 2 nitrogen and oxygen atoms in total. The first kappa shape index (κ1) is 11.7. The second kappa shape index (κ2) is 5.07. The minimum Gasteiger partial charge on any atom is -0.375 e. The van der Waals surface area contributed by atoms with E-state index in [1.54, 1.807) is 0 Å². The number of ether oxygens (including phenoxy) is 1. The molecule has 2 rings (SSSR count). The van der Waals surface area contributed by atoms with Crippen molar-refractivity contribution in [1.29, 1.82) is 0 Å². The average molecular weight is 229 g/mol. The van der Waals surface area contributed by atoms with Gasteiger partial charge in [0.05, 0.1) is 5.60 Å². The first-order valence-electron chi connectivity index (χ1n) is 6.15. The smallest absolute Gasteiger partial charge is 0.0701 e. The molecule has 0 aromatic heterocycles. The number of nitrogens with one attached hydrogen (secondary N) is 1. The molecule has 0 aliphatic carbocycles. The van der Waals surface area contributed by atoms with Gasteiger partial charge in [-0.1, -0.05) is 0 Å². The minimum absolute atomic E-state index is 0.249. The highest BCUT2D eigenvalue weighted by Gasteiger charge is 2.39. The number of hydrogen-bond donors (Lipinski definition) is 1. The zero-order chi connectivity index (χ0) is 10.7. The molecule has 2 heterocycles. The lowest BCUT2D eigenvalue weighted by Crippen LogP contribution is -2.47. The molecule has 15 heavy (non-hydrogen) atoms. The quantitative estimate of drug-likeness (QED) is 0.785. The van der Waals surface area contributed by atoms with Crippen molar-refractivity contribution in [3.63, 3.8) is 0 Å². The summed E-state index contributed by atoms with van der Waals surface area (Å²) in [6.45, 7) is 3.28. The fraction of sp³-hybridized carbons (Fsp3) is 1.00. The van der Waals surface area contributed by atoms with Gasteiger partial charge in [0.15, 0.2) is 0 Å². The van der Waals surface area contributed by atoms with E-state index in [1.807, 2.05) is 0 Å². The summed E-state index contributed by atoms with van der Waals surface area (Å²) >= 11 is 2.08. The SMILES string of the molecule is CNC(C)C1CCOC2(CCSCC2)C1. The second-order valence-electron chi connectivity index (χ2n) is 4.97. The lowest BCUT2D eigenvalue weighted by molar-refractivity contribution is -0.106. The van der Waals surface area contributed by atoms with Crippen molar-refractivity contribution in [3.8, 4) is 0 Å². The van der Waals surface area contributed by atoms with E-state index in [4.69, 9.17) is 4.74 Å². The van der Waals surface area contributed by atoms with Gasteiger partial charge in [0, 0.05) is 12.6 Å². The molecule has 0 aromatic rings. The van der Waals surface area contributed by atoms with Gasteiger partial charge in [0.1, 0.15) is 0 Å². The van der Waals surface area contributed by atoms with Crippen molar-refractivity contribution in [2.24, 2.45) is 5.92 Å². The van der Waals surface area contributed by atoms with Crippen LogP contribution in [0.15, 0.2) is 0 Å². The Kier molecular flexibility index (Phi) is 3.97. The first-order chi connectivity index (χ1) is 7.26. The highest BCUT2D eigenvalue weighted by Crippen LogP contribution is 2.40. The molecular weight excluding hydrogens is 206 g/mol. The maximum absolute atomic E-state index is 6.09. The molecule has 1 spiro atoms. The molecule has 0 aromatic carbocycles. The van der Waals surface area contributed by atoms with Crippen molar-refractivity contribution in [1.82, 2.24) is 5.32 Å². The third-order valence-corrected chi connectivity index (χ3v) is 5.08. The molecule has 88 valence electrons. The fourth-order valence-corrected chi connectivity index (χ4v) is 4.06. The van der Waals surface area contributed by atoms with Crippen LogP contribution in [-0.4, -0.2) is 36.8 Å². The Hall–Kier alpha value is 0.270. The Bertz CT molecular complexity index is 198. The predicted molar refractivity (Wildman–Crippen MR) is 66.5 cm³/mol. The molecule has 0 amide bonds. The summed E-state index contributed by atoms with van der Waals surface area (Å²) in [5.41, 5.74) is 0.249. The van der Waals surface area contributed by atoms with E-state index in [-0.39, 0.29) is 5.60 Å². The number of rotatable bonds is 2. The zero-order valence-corrected chi connectivity index (χ0v) is 10.7. The van der Waals surface area contributed by atoms with Gasteiger partial charge in [-0.2, -0.15) is 11.8 Å². The molecule has 2 aliphatic heterocycles. The van der Waals surface area contributed by atoms with Gasteiger partial charge in [0.25, 0.3) is 0 Å². The molecule has 1 N–H and O–H groups in total. The van der Waals surface area contributed by atoms with E-state index >= 15 is 0 Å². The third-order valence-electron chi connectivity index (χ3n) is 4.10. The first-order valence-corrected chi connectivity index (χ1v) is 7.30. The maximum atomic E-state index is 6.09. The van der Waals surface area contributed by atoms with Crippen molar-refractivity contribution in [3.05, 3.63) is 0 Å². The van der Waals surface area contributed by atoms with Crippen LogP contribution in [0.25, 0.3) is 0 Å². The number of thioether (sulfide) groups is 1. The van der Waals surface area contributed by atoms with E-state index in [0.29, 0.717) is 6.04 Å². The summed E-state index contributed by atoms with van der Waals surface area (Å²) in [4.78, 5) is 0.